The number of carbonyl (C=O) groups excluding carboxylic acids is 1. The van der Waals surface area contributed by atoms with Crippen LogP contribution in [-0.2, 0) is 11.3 Å². The number of rotatable bonds is 5. The van der Waals surface area contributed by atoms with Crippen LogP contribution in [0.25, 0.3) is 11.1 Å². The highest BCUT2D eigenvalue weighted by Gasteiger charge is 2.14. The maximum atomic E-state index is 12.0. The molecular formula is C16H20N3O+. The van der Waals surface area contributed by atoms with Gasteiger partial charge in [0.25, 0.3) is 5.91 Å². The van der Waals surface area contributed by atoms with Gasteiger partial charge >= 0.3 is 0 Å². The molecule has 0 unspecified atom stereocenters. The zero-order valence-corrected chi connectivity index (χ0v) is 12.0. The van der Waals surface area contributed by atoms with Gasteiger partial charge in [-0.3, -0.25) is 9.78 Å². The molecule has 2 aromatic rings. The van der Waals surface area contributed by atoms with Crippen molar-refractivity contribution in [1.82, 2.24) is 9.88 Å². The Kier molecular flexibility index (Phi) is 4.82. The lowest BCUT2D eigenvalue weighted by molar-refractivity contribution is -0.685. The summed E-state index contributed by atoms with van der Waals surface area (Å²) < 4.78 is 1.91. The lowest BCUT2D eigenvalue weighted by Gasteiger charge is -2.16. The van der Waals surface area contributed by atoms with E-state index in [1.165, 1.54) is 0 Å². The summed E-state index contributed by atoms with van der Waals surface area (Å²) in [7, 11) is 0. The Bertz CT molecular complexity index is 548. The molecule has 0 bridgehead atoms. The molecule has 0 radical (unpaired) electrons. The average Bonchev–Trinajstić information content (AvgIpc) is 2.50. The van der Waals surface area contributed by atoms with E-state index in [0.717, 1.165) is 24.2 Å². The number of hydrogen-bond donors (Lipinski definition) is 0. The van der Waals surface area contributed by atoms with Crippen molar-refractivity contribution >= 4 is 5.91 Å². The zero-order chi connectivity index (χ0) is 14.4. The lowest BCUT2D eigenvalue weighted by atomic mass is 10.1. The molecule has 0 aromatic carbocycles. The summed E-state index contributed by atoms with van der Waals surface area (Å²) in [6.45, 7) is 5.89. The molecule has 104 valence electrons. The number of pyridine rings is 2. The van der Waals surface area contributed by atoms with Crippen molar-refractivity contribution in [3.8, 4) is 11.1 Å². The van der Waals surface area contributed by atoms with Crippen LogP contribution < -0.4 is 4.57 Å². The minimum atomic E-state index is 0.150. The average molecular weight is 270 g/mol. The van der Waals surface area contributed by atoms with Gasteiger partial charge in [0.05, 0.1) is 0 Å². The number of likely N-dealkylation sites (N-methyl/N-ethyl adjacent to an activating group) is 1. The number of nitrogens with zero attached hydrogens (tertiary/aromatic N) is 3. The third-order valence-electron chi connectivity index (χ3n) is 3.34. The largest absolute Gasteiger partial charge is 0.338 e. The fourth-order valence-electron chi connectivity index (χ4n) is 2.13. The van der Waals surface area contributed by atoms with Crippen molar-refractivity contribution in [3.05, 3.63) is 49.1 Å². The van der Waals surface area contributed by atoms with Crippen molar-refractivity contribution in [2.45, 2.75) is 20.4 Å². The first-order valence-corrected chi connectivity index (χ1v) is 6.92. The Balaban J connectivity index is 2.07. The molecule has 0 spiro atoms. The highest BCUT2D eigenvalue weighted by molar-refractivity contribution is 5.74. The first-order chi connectivity index (χ1) is 9.74. The van der Waals surface area contributed by atoms with Crippen LogP contribution in [0.5, 0.6) is 0 Å². The molecule has 0 saturated heterocycles. The van der Waals surface area contributed by atoms with Crippen LogP contribution in [0.2, 0.25) is 0 Å². The smallest absolute Gasteiger partial charge is 0.288 e. The number of aromatic nitrogens is 2. The molecule has 0 aliphatic carbocycles. The van der Waals surface area contributed by atoms with Gasteiger partial charge in [-0.25, -0.2) is 0 Å². The Morgan fingerprint density at radius 2 is 1.60 bits per heavy atom. The van der Waals surface area contributed by atoms with E-state index >= 15 is 0 Å². The lowest BCUT2D eigenvalue weighted by Crippen LogP contribution is -2.44. The van der Waals surface area contributed by atoms with Crippen LogP contribution in [-0.4, -0.2) is 28.9 Å². The summed E-state index contributed by atoms with van der Waals surface area (Å²) in [5, 5.41) is 0. The molecule has 0 aliphatic rings. The second-order valence-electron chi connectivity index (χ2n) is 4.56. The van der Waals surface area contributed by atoms with E-state index in [4.69, 9.17) is 0 Å². The van der Waals surface area contributed by atoms with Crippen LogP contribution >= 0.6 is 0 Å². The molecule has 2 aromatic heterocycles. The quantitative estimate of drug-likeness (QED) is 0.778. The van der Waals surface area contributed by atoms with Gasteiger partial charge in [-0.05, 0) is 37.1 Å². The van der Waals surface area contributed by atoms with Crippen LogP contribution in [0.3, 0.4) is 0 Å². The monoisotopic (exact) mass is 270 g/mol. The molecule has 0 saturated carbocycles. The molecule has 4 heteroatoms. The van der Waals surface area contributed by atoms with Gasteiger partial charge in [0, 0.05) is 37.6 Å². The van der Waals surface area contributed by atoms with E-state index in [-0.39, 0.29) is 5.91 Å². The highest BCUT2D eigenvalue weighted by atomic mass is 16.2. The number of amides is 1. The Labute approximate surface area is 119 Å². The summed E-state index contributed by atoms with van der Waals surface area (Å²) in [6, 6.07) is 7.98. The van der Waals surface area contributed by atoms with Gasteiger partial charge in [0.1, 0.15) is 0 Å². The second-order valence-corrected chi connectivity index (χ2v) is 4.56. The zero-order valence-electron chi connectivity index (χ0n) is 12.0. The third kappa shape index (κ3) is 3.41. The summed E-state index contributed by atoms with van der Waals surface area (Å²) >= 11 is 0. The molecular weight excluding hydrogens is 250 g/mol. The van der Waals surface area contributed by atoms with Gasteiger partial charge in [-0.2, -0.15) is 4.57 Å². The van der Waals surface area contributed by atoms with E-state index in [0.29, 0.717) is 6.54 Å². The van der Waals surface area contributed by atoms with E-state index in [9.17, 15) is 4.79 Å². The molecule has 20 heavy (non-hydrogen) atoms. The molecule has 0 N–H and O–H groups in total. The van der Waals surface area contributed by atoms with Crippen LogP contribution in [0.4, 0.5) is 0 Å². The van der Waals surface area contributed by atoms with E-state index in [2.05, 4.69) is 4.98 Å². The molecule has 1 amide bonds. The Morgan fingerprint density at radius 1 is 1.05 bits per heavy atom. The van der Waals surface area contributed by atoms with E-state index < -0.39 is 0 Å². The molecule has 2 rings (SSSR count). The maximum Gasteiger partial charge on any atom is 0.288 e. The standard InChI is InChI=1S/C16H20N3O/c1-3-19(4-2)16(20)13-18-11-7-15(8-12-18)14-5-9-17-10-6-14/h5-12H,3-4,13H2,1-2H3/q+1. The van der Waals surface area contributed by atoms with Gasteiger partial charge in [-0.15, -0.1) is 0 Å². The molecule has 2 heterocycles. The minimum absolute atomic E-state index is 0.150. The maximum absolute atomic E-state index is 12.0. The van der Waals surface area contributed by atoms with Crippen molar-refractivity contribution in [2.24, 2.45) is 0 Å². The Morgan fingerprint density at radius 3 is 2.15 bits per heavy atom. The van der Waals surface area contributed by atoms with Gasteiger partial charge in [-0.1, -0.05) is 0 Å². The summed E-state index contributed by atoms with van der Waals surface area (Å²) in [5.41, 5.74) is 2.25. The van der Waals surface area contributed by atoms with Crippen LogP contribution in [0.15, 0.2) is 49.1 Å². The first-order valence-electron chi connectivity index (χ1n) is 6.92. The molecule has 0 fully saturated rings. The minimum Gasteiger partial charge on any atom is -0.338 e. The SMILES string of the molecule is CCN(CC)C(=O)C[n+]1ccc(-c2ccncc2)cc1. The topological polar surface area (TPSA) is 37.1 Å². The van der Waals surface area contributed by atoms with Crippen molar-refractivity contribution < 1.29 is 9.36 Å². The fraction of sp³-hybridized carbons (Fsp3) is 0.312. The van der Waals surface area contributed by atoms with Gasteiger partial charge in [0.15, 0.2) is 12.4 Å². The Hall–Kier alpha value is -2.23. The predicted molar refractivity (Wildman–Crippen MR) is 77.8 cm³/mol. The van der Waals surface area contributed by atoms with Gasteiger partial charge in [0.2, 0.25) is 6.54 Å². The number of hydrogen-bond acceptors (Lipinski definition) is 2. The summed E-state index contributed by atoms with van der Waals surface area (Å²) in [5.74, 6) is 0.150. The van der Waals surface area contributed by atoms with Crippen molar-refractivity contribution in [3.63, 3.8) is 0 Å². The van der Waals surface area contributed by atoms with E-state index in [1.54, 1.807) is 12.4 Å². The summed E-state index contributed by atoms with van der Waals surface area (Å²) in [4.78, 5) is 17.9. The van der Waals surface area contributed by atoms with Crippen molar-refractivity contribution in [2.75, 3.05) is 13.1 Å². The molecule has 0 atom stereocenters. The van der Waals surface area contributed by atoms with Gasteiger partial charge < -0.3 is 4.90 Å². The first kappa shape index (κ1) is 14.2. The predicted octanol–water partition coefficient (Wildman–Crippen LogP) is 1.90. The van der Waals surface area contributed by atoms with Crippen LogP contribution in [0, 0.1) is 0 Å². The third-order valence-corrected chi connectivity index (χ3v) is 3.34. The fourth-order valence-corrected chi connectivity index (χ4v) is 2.13. The number of carbonyl (C=O) groups is 1. The second kappa shape index (κ2) is 6.80. The molecule has 0 aliphatic heterocycles. The summed E-state index contributed by atoms with van der Waals surface area (Å²) in [6.07, 6.45) is 7.44. The highest BCUT2D eigenvalue weighted by Crippen LogP contribution is 2.15. The normalized spacial score (nSPS) is 10.3. The molecule has 4 nitrogen and oxygen atoms in total. The van der Waals surface area contributed by atoms with Crippen LogP contribution in [0.1, 0.15) is 13.8 Å². The van der Waals surface area contributed by atoms with Crippen molar-refractivity contribution in [1.29, 1.82) is 0 Å². The van der Waals surface area contributed by atoms with E-state index in [1.807, 2.05) is 60.0 Å².